The molecule has 0 aromatic heterocycles. The molecule has 1 heterocycles. The molecular weight excluding hydrogens is 1410 g/mol. The van der Waals surface area contributed by atoms with Crippen molar-refractivity contribution in [2.45, 2.75) is 13.8 Å². The maximum atomic E-state index is 10.2. The zero-order valence-electron chi connectivity index (χ0n) is 53.6. The van der Waals surface area contributed by atoms with Gasteiger partial charge in [-0.2, -0.15) is 0 Å². The number of allylic oxidation sites excluding steroid dienone is 2. The van der Waals surface area contributed by atoms with Crippen molar-refractivity contribution in [3.8, 4) is 0 Å². The van der Waals surface area contributed by atoms with Gasteiger partial charge in [0.2, 0.25) is 14.8 Å². The first kappa shape index (κ1) is 77.0. The van der Waals surface area contributed by atoms with Crippen LogP contribution < -0.4 is 83.4 Å². The molecule has 0 N–H and O–H groups in total. The minimum absolute atomic E-state index is 0. The molecular formula is C77H67N2O12P7Ti. The van der Waals surface area contributed by atoms with Gasteiger partial charge in [0.15, 0.2) is 5.78 Å². The third-order valence-corrected chi connectivity index (χ3v) is 36.7. The van der Waals surface area contributed by atoms with E-state index in [9.17, 15) is 38.3 Å². The van der Waals surface area contributed by atoms with Crippen molar-refractivity contribution >= 4 is 122 Å². The number of hydrogen-bond acceptors (Lipinski definition) is 13. The smallest absolute Gasteiger partial charge is 2.00 e. The Kier molecular flexibility index (Phi) is 27.7. The number of nitrogens with zero attached hydrogens (tertiary/aromatic N) is 2. The van der Waals surface area contributed by atoms with Gasteiger partial charge in [-0.05, 0) is 85.8 Å². The second kappa shape index (κ2) is 35.6. The molecule has 1 fully saturated rings. The molecule has 99 heavy (non-hydrogen) atoms. The van der Waals surface area contributed by atoms with Crippen LogP contribution in [0.2, 0.25) is 0 Å². The Hall–Kier alpha value is -7.71. The van der Waals surface area contributed by atoms with Gasteiger partial charge in [-0.3, -0.25) is 18.5 Å². The summed E-state index contributed by atoms with van der Waals surface area (Å²) in [5.41, 5.74) is 0. The molecule has 12 aromatic carbocycles. The van der Waals surface area contributed by atoms with Crippen molar-refractivity contribution in [3.05, 3.63) is 376 Å². The maximum Gasteiger partial charge on any atom is 4.00 e. The van der Waals surface area contributed by atoms with E-state index in [4.69, 9.17) is 9.03 Å². The van der Waals surface area contributed by atoms with Gasteiger partial charge in [-0.25, -0.2) is 12.9 Å². The van der Waals surface area contributed by atoms with Gasteiger partial charge in [0.25, 0.3) is 23.5 Å². The van der Waals surface area contributed by atoms with Crippen LogP contribution >= 0.6 is 52.4 Å². The van der Waals surface area contributed by atoms with E-state index in [1.165, 1.54) is 77.5 Å². The third kappa shape index (κ3) is 18.6. The van der Waals surface area contributed by atoms with Gasteiger partial charge in [0.05, 0.1) is 0 Å². The quantitative estimate of drug-likeness (QED) is 0.0404. The molecule has 14 nitrogen and oxygen atoms in total. The predicted molar refractivity (Wildman–Crippen MR) is 397 cm³/mol. The molecule has 0 unspecified atom stereocenters. The molecule has 496 valence electrons. The second-order valence-corrected chi connectivity index (χ2v) is 39.1. The topological polar surface area (TPSA) is 241 Å². The molecule has 1 aliphatic heterocycles. The number of hydrogen-bond donors (Lipinski definition) is 0. The normalized spacial score (nSPS) is 16.6. The molecule has 1 aliphatic rings. The van der Waals surface area contributed by atoms with Crippen molar-refractivity contribution < 1.29 is 78.4 Å². The number of benzene rings is 12. The van der Waals surface area contributed by atoms with E-state index in [1.54, 1.807) is 0 Å². The third-order valence-electron chi connectivity index (χ3n) is 15.1. The van der Waals surface area contributed by atoms with Gasteiger partial charge < -0.3 is 25.3 Å². The molecule has 12 aromatic rings. The largest absolute Gasteiger partial charge is 4.00 e. The van der Waals surface area contributed by atoms with E-state index >= 15 is 0 Å². The average molecular weight is 1480 g/mol. The van der Waals surface area contributed by atoms with Crippen LogP contribution in [0.3, 0.4) is 0 Å². The van der Waals surface area contributed by atoms with Crippen molar-refractivity contribution in [2.24, 2.45) is 9.03 Å². The summed E-state index contributed by atoms with van der Waals surface area (Å²) >= 11 is 0. The number of ketones is 1. The van der Waals surface area contributed by atoms with Crippen LogP contribution in [0.1, 0.15) is 13.8 Å². The standard InChI is InChI=1S/2C36H30NP2.C5H8O2.H3O9P3.O.Ti/c2*1-7-19-31(20-8-1)38(32-21-9-2-10-22-32,33-23-11-3-12-24-33)37-39(34-25-13-4-14-26-34,35-27-15-5-16-28-35)36-29-17-6-18-30-36;1-4(6)3-5(2)7;1-10(2)7-11(3,4)9-12(5,6)8-10;;/h2*1-30H;3,6H,1-2H3;(H,1,2)(H,3,4)(H,5,6);;/q2*+1;;;-2;+4/p-4/b;;4-3-;;;. The van der Waals surface area contributed by atoms with Crippen molar-refractivity contribution in [2.75, 3.05) is 0 Å². The van der Waals surface area contributed by atoms with Gasteiger partial charge in [-0.1, -0.05) is 298 Å². The maximum absolute atomic E-state index is 10.2. The monoisotopic (exact) mass is 1480 g/mol. The summed E-state index contributed by atoms with van der Waals surface area (Å²) in [4.78, 5) is 40.7. The second-order valence-electron chi connectivity index (χ2n) is 21.7. The van der Waals surface area contributed by atoms with Crippen LogP contribution in [-0.2, 0) is 58.6 Å². The minimum Gasteiger partial charge on any atom is -2.00 e. The molecule has 0 atom stereocenters. The molecule has 0 aliphatic carbocycles. The predicted octanol–water partition coefficient (Wildman–Crippen LogP) is 12.3. The van der Waals surface area contributed by atoms with Crippen LogP contribution in [0.5, 0.6) is 0 Å². The fourth-order valence-electron chi connectivity index (χ4n) is 11.2. The number of carbonyl (C=O) groups is 1. The van der Waals surface area contributed by atoms with Crippen LogP contribution in [0.25, 0.3) is 0 Å². The number of carbonyl (C=O) groups excluding carboxylic acids is 1. The Morgan fingerprint density at radius 1 is 0.313 bits per heavy atom. The Morgan fingerprint density at radius 2 is 0.455 bits per heavy atom. The summed E-state index contributed by atoms with van der Waals surface area (Å²) in [5, 5.41) is 25.1. The van der Waals surface area contributed by atoms with Gasteiger partial charge in [-0.15, -0.1) is 14.8 Å². The fraction of sp³-hybridized carbons (Fsp3) is 0.0260. The summed E-state index contributed by atoms with van der Waals surface area (Å²) in [5.74, 6) is -0.375. The van der Waals surface area contributed by atoms with Crippen LogP contribution in [-0.4, -0.2) is 5.78 Å². The van der Waals surface area contributed by atoms with E-state index < -0.39 is 52.4 Å². The Balaban J connectivity index is 0.000000197. The molecule has 0 radical (unpaired) electrons. The summed E-state index contributed by atoms with van der Waals surface area (Å²) in [6.45, 7) is 2.70. The number of rotatable bonds is 15. The first-order valence-corrected chi connectivity index (χ1v) is 41.9. The molecule has 0 amide bonds. The first-order chi connectivity index (χ1) is 46.9. The molecule has 1 saturated heterocycles. The van der Waals surface area contributed by atoms with E-state index in [2.05, 4.69) is 377 Å². The summed E-state index contributed by atoms with van der Waals surface area (Å²) in [7, 11) is -26.1. The summed E-state index contributed by atoms with van der Waals surface area (Å²) in [6.07, 6.45) is 1.06. The molecule has 0 bridgehead atoms. The minimum atomic E-state index is -5.36. The van der Waals surface area contributed by atoms with Crippen LogP contribution in [0.15, 0.2) is 385 Å². The zero-order chi connectivity index (χ0) is 68.3. The van der Waals surface area contributed by atoms with Gasteiger partial charge in [0, 0.05) is 31.8 Å². The van der Waals surface area contributed by atoms with Gasteiger partial charge >= 0.3 is 21.7 Å². The zero-order valence-corrected chi connectivity index (χ0v) is 61.5. The first-order valence-electron chi connectivity index (χ1n) is 30.6. The van der Waals surface area contributed by atoms with E-state index in [-0.39, 0.29) is 38.7 Å². The van der Waals surface area contributed by atoms with Crippen molar-refractivity contribution in [3.63, 3.8) is 0 Å². The van der Waals surface area contributed by atoms with Gasteiger partial charge in [0.1, 0.15) is 45.9 Å². The van der Waals surface area contributed by atoms with Crippen LogP contribution in [0.4, 0.5) is 0 Å². The number of phosphoric acid groups is 3. The van der Waals surface area contributed by atoms with Crippen molar-refractivity contribution in [1.82, 2.24) is 0 Å². The van der Waals surface area contributed by atoms with E-state index in [0.717, 1.165) is 6.08 Å². The molecule has 0 spiro atoms. The Morgan fingerprint density at radius 3 is 0.576 bits per heavy atom. The van der Waals surface area contributed by atoms with E-state index in [0.29, 0.717) is 0 Å². The SMILES string of the molecule is CC(=O)/C=C(/C)[O-].O=P1([O-])OP(=O)([O-])OP(=O)([O-])O1.[O-2].[Ti+4].c1ccc(P(=N[P+](c2ccccc2)(c2ccccc2)c2ccccc2)(c2ccccc2)c2ccccc2)cc1.c1ccc(P(=N[P+](c2ccccc2)(c2ccccc2)c2ccccc2)(c2ccccc2)c2ccccc2)cc1. The molecule has 0 saturated carbocycles. The average Bonchev–Trinajstić information content (AvgIpc) is 0.728. The Bertz CT molecular complexity index is 4070. The summed E-state index contributed by atoms with van der Waals surface area (Å²) in [6, 6.07) is 131. The Labute approximate surface area is 594 Å². The summed E-state index contributed by atoms with van der Waals surface area (Å²) < 4.78 is 53.0. The molecule has 13 rings (SSSR count). The van der Waals surface area contributed by atoms with Crippen molar-refractivity contribution in [1.29, 1.82) is 0 Å². The van der Waals surface area contributed by atoms with Crippen LogP contribution in [0, 0.1) is 0 Å². The molecule has 22 heteroatoms. The van der Waals surface area contributed by atoms with E-state index in [1.807, 2.05) is 0 Å². The fourth-order valence-corrected chi connectivity index (χ4v) is 34.3.